The van der Waals surface area contributed by atoms with Crippen LogP contribution in [0.2, 0.25) is 5.02 Å². The number of carbonyl (C=O) groups is 1. The van der Waals surface area contributed by atoms with E-state index in [1.54, 1.807) is 12.1 Å². The molecule has 2 N–H and O–H groups in total. The van der Waals surface area contributed by atoms with Crippen LogP contribution in [0.1, 0.15) is 44.3 Å². The first kappa shape index (κ1) is 17.6. The van der Waals surface area contributed by atoms with Crippen LogP contribution in [0.15, 0.2) is 29.4 Å². The molecule has 1 heterocycles. The summed E-state index contributed by atoms with van der Waals surface area (Å²) in [4.78, 5) is 17.0. The van der Waals surface area contributed by atoms with Crippen LogP contribution in [-0.4, -0.2) is 26.8 Å². The predicted octanol–water partition coefficient (Wildman–Crippen LogP) is 4.66. The second-order valence-electron chi connectivity index (χ2n) is 8.51. The van der Waals surface area contributed by atoms with Gasteiger partial charge in [-0.15, -0.1) is 5.10 Å². The zero-order chi connectivity index (χ0) is 18.4. The van der Waals surface area contributed by atoms with E-state index in [0.717, 1.165) is 23.6 Å². The number of benzene rings is 1. The van der Waals surface area contributed by atoms with Crippen molar-refractivity contribution in [3.63, 3.8) is 0 Å². The molecule has 1 aromatic carbocycles. The van der Waals surface area contributed by atoms with Gasteiger partial charge in [0.1, 0.15) is 5.82 Å². The highest BCUT2D eigenvalue weighted by Crippen LogP contribution is 2.60. The Morgan fingerprint density at radius 3 is 2.59 bits per heavy atom. The molecule has 0 unspecified atom stereocenters. The minimum absolute atomic E-state index is 0.0802. The van der Waals surface area contributed by atoms with Crippen molar-refractivity contribution in [3.05, 3.63) is 35.1 Å². The molecule has 7 heteroatoms. The van der Waals surface area contributed by atoms with Gasteiger partial charge in [0, 0.05) is 16.1 Å². The maximum Gasteiger partial charge on any atom is 0.234 e. The van der Waals surface area contributed by atoms with Crippen molar-refractivity contribution in [2.24, 2.45) is 17.8 Å². The Kier molecular flexibility index (Phi) is 4.43. The van der Waals surface area contributed by atoms with Crippen molar-refractivity contribution in [2.45, 2.75) is 49.1 Å². The van der Waals surface area contributed by atoms with E-state index < -0.39 is 0 Å². The highest BCUT2D eigenvalue weighted by molar-refractivity contribution is 7.99. The van der Waals surface area contributed by atoms with Crippen molar-refractivity contribution in [1.82, 2.24) is 15.2 Å². The number of carbonyl (C=O) groups excluding carboxylic acids is 1. The number of rotatable bonds is 5. The fraction of sp³-hybridized carbons (Fsp3) is 0.550. The number of aromatic amines is 1. The summed E-state index contributed by atoms with van der Waals surface area (Å²) in [6.07, 6.45) is 8.02. The van der Waals surface area contributed by atoms with E-state index in [1.165, 1.54) is 50.3 Å². The van der Waals surface area contributed by atoms with Crippen molar-refractivity contribution in [2.75, 3.05) is 11.1 Å². The smallest absolute Gasteiger partial charge is 0.234 e. The summed E-state index contributed by atoms with van der Waals surface area (Å²) < 4.78 is 0. The molecule has 4 aliphatic carbocycles. The fourth-order valence-corrected chi connectivity index (χ4v) is 6.63. The molecule has 142 valence electrons. The fourth-order valence-electron chi connectivity index (χ4n) is 5.84. The first-order valence-corrected chi connectivity index (χ1v) is 11.1. The first-order valence-electron chi connectivity index (χ1n) is 9.69. The van der Waals surface area contributed by atoms with E-state index in [0.29, 0.717) is 15.9 Å². The Labute approximate surface area is 168 Å². The number of hydrogen-bond acceptors (Lipinski definition) is 4. The van der Waals surface area contributed by atoms with Gasteiger partial charge in [0.25, 0.3) is 0 Å². The Morgan fingerprint density at radius 2 is 1.93 bits per heavy atom. The summed E-state index contributed by atoms with van der Waals surface area (Å²) in [6.45, 7) is 0. The lowest BCUT2D eigenvalue weighted by Crippen LogP contribution is -2.49. The van der Waals surface area contributed by atoms with E-state index in [1.807, 2.05) is 12.1 Å². The number of nitrogens with one attached hydrogen (secondary N) is 2. The van der Waals surface area contributed by atoms with Crippen molar-refractivity contribution in [1.29, 1.82) is 0 Å². The summed E-state index contributed by atoms with van der Waals surface area (Å²) >= 11 is 7.33. The quantitative estimate of drug-likeness (QED) is 0.713. The molecule has 0 atom stereocenters. The minimum atomic E-state index is -0.0802. The van der Waals surface area contributed by atoms with E-state index in [9.17, 15) is 4.79 Å². The number of aromatic nitrogens is 3. The Hall–Kier alpha value is -1.53. The molecular weight excluding hydrogens is 380 g/mol. The average molecular weight is 403 g/mol. The molecule has 2 aromatic rings. The molecule has 0 saturated heterocycles. The first-order chi connectivity index (χ1) is 13.1. The van der Waals surface area contributed by atoms with Gasteiger partial charge in [0.15, 0.2) is 0 Å². The van der Waals surface area contributed by atoms with E-state index in [4.69, 9.17) is 16.6 Å². The molecule has 0 spiro atoms. The number of amides is 1. The highest BCUT2D eigenvalue weighted by Gasteiger charge is 2.53. The van der Waals surface area contributed by atoms with Crippen LogP contribution >= 0.6 is 23.4 Å². The number of hydrogen-bond donors (Lipinski definition) is 2. The van der Waals surface area contributed by atoms with Crippen molar-refractivity contribution < 1.29 is 4.79 Å². The predicted molar refractivity (Wildman–Crippen MR) is 107 cm³/mol. The topological polar surface area (TPSA) is 70.7 Å². The maximum atomic E-state index is 12.2. The van der Waals surface area contributed by atoms with E-state index in [-0.39, 0.29) is 17.1 Å². The minimum Gasteiger partial charge on any atom is -0.325 e. The number of H-pyrrole nitrogens is 1. The van der Waals surface area contributed by atoms with Crippen LogP contribution in [0, 0.1) is 17.8 Å². The summed E-state index contributed by atoms with van der Waals surface area (Å²) in [5.41, 5.74) is 0.918. The molecule has 0 radical (unpaired) electrons. The van der Waals surface area contributed by atoms with Crippen LogP contribution in [-0.2, 0) is 10.2 Å². The second-order valence-corrected chi connectivity index (χ2v) is 9.89. The van der Waals surface area contributed by atoms with Crippen LogP contribution in [0.25, 0.3) is 0 Å². The van der Waals surface area contributed by atoms with Crippen molar-refractivity contribution in [3.8, 4) is 0 Å². The van der Waals surface area contributed by atoms with Gasteiger partial charge in [-0.25, -0.2) is 4.98 Å². The Bertz CT molecular complexity index is 832. The van der Waals surface area contributed by atoms with Gasteiger partial charge < -0.3 is 5.32 Å². The van der Waals surface area contributed by atoms with Gasteiger partial charge in [-0.1, -0.05) is 29.4 Å². The molecule has 4 bridgehead atoms. The molecule has 6 rings (SSSR count). The van der Waals surface area contributed by atoms with Gasteiger partial charge in [0.2, 0.25) is 11.1 Å². The van der Waals surface area contributed by atoms with E-state index >= 15 is 0 Å². The monoisotopic (exact) mass is 402 g/mol. The van der Waals surface area contributed by atoms with Gasteiger partial charge >= 0.3 is 0 Å². The second kappa shape index (κ2) is 6.82. The molecular formula is C20H23ClN4OS. The summed E-state index contributed by atoms with van der Waals surface area (Å²) in [5.74, 6) is 3.88. The third kappa shape index (κ3) is 3.49. The molecule has 4 fully saturated rings. The lowest BCUT2D eigenvalue weighted by molar-refractivity contribution is -0.113. The normalized spacial score (nSPS) is 31.2. The Balaban J connectivity index is 1.22. The largest absolute Gasteiger partial charge is 0.325 e. The average Bonchev–Trinajstić information content (AvgIpc) is 3.09. The number of anilines is 1. The third-order valence-electron chi connectivity index (χ3n) is 6.45. The molecule has 5 nitrogen and oxygen atoms in total. The lowest BCUT2D eigenvalue weighted by atomic mass is 9.49. The summed E-state index contributed by atoms with van der Waals surface area (Å²) in [6, 6.07) is 7.16. The molecule has 0 aliphatic heterocycles. The van der Waals surface area contributed by atoms with Gasteiger partial charge in [-0.2, -0.15) is 0 Å². The van der Waals surface area contributed by atoms with E-state index in [2.05, 4.69) is 15.5 Å². The van der Waals surface area contributed by atoms with Gasteiger partial charge in [0.05, 0.1) is 5.75 Å². The zero-order valence-electron chi connectivity index (χ0n) is 15.1. The highest BCUT2D eigenvalue weighted by atomic mass is 35.5. The Morgan fingerprint density at radius 1 is 1.22 bits per heavy atom. The molecule has 1 amide bonds. The van der Waals surface area contributed by atoms with Crippen molar-refractivity contribution >= 4 is 35.0 Å². The third-order valence-corrected chi connectivity index (χ3v) is 7.53. The van der Waals surface area contributed by atoms with Crippen LogP contribution < -0.4 is 5.32 Å². The van der Waals surface area contributed by atoms with Gasteiger partial charge in [-0.3, -0.25) is 9.89 Å². The molecule has 4 aliphatic rings. The molecule has 4 saturated carbocycles. The SMILES string of the molecule is O=C(CSc1n[nH]c(C23CC4CC(CC(C4)C2)C3)n1)Nc1cccc(Cl)c1. The van der Waals surface area contributed by atoms with Crippen LogP contribution in [0.3, 0.4) is 0 Å². The standard InChI is InChI=1S/C20H23ClN4OS/c21-15-2-1-3-16(7-15)22-17(26)11-27-19-23-18(24-25-19)20-8-12-4-13(9-20)6-14(5-12)10-20/h1-3,7,12-14H,4-6,8-11H2,(H,22,26)(H,23,24,25). The summed E-state index contributed by atoms with van der Waals surface area (Å²) in [7, 11) is 0. The number of halogens is 1. The maximum absolute atomic E-state index is 12.2. The number of thioether (sulfide) groups is 1. The zero-order valence-corrected chi connectivity index (χ0v) is 16.7. The molecule has 27 heavy (non-hydrogen) atoms. The lowest BCUT2D eigenvalue weighted by Gasteiger charge is -2.55. The van der Waals surface area contributed by atoms with Crippen LogP contribution in [0.5, 0.6) is 0 Å². The summed E-state index contributed by atoms with van der Waals surface area (Å²) in [5, 5.41) is 11.7. The number of nitrogens with zero attached hydrogens (tertiary/aromatic N) is 2. The van der Waals surface area contributed by atoms with Gasteiger partial charge in [-0.05, 0) is 74.5 Å². The van der Waals surface area contributed by atoms with Crippen LogP contribution in [0.4, 0.5) is 5.69 Å². The molecule has 1 aromatic heterocycles.